The molecule has 2 aromatic rings. The Hall–Kier alpha value is -1.95. The topological polar surface area (TPSA) is 66.3 Å². The van der Waals surface area contributed by atoms with Crippen LogP contribution < -0.4 is 4.90 Å². The van der Waals surface area contributed by atoms with E-state index >= 15 is 0 Å². The SMILES string of the molecule is Cc1sc(N(C)Cc2cccnc2)nc1C(=O)O. The summed E-state index contributed by atoms with van der Waals surface area (Å²) in [4.78, 5) is 21.7. The molecule has 18 heavy (non-hydrogen) atoms. The Morgan fingerprint density at radius 2 is 2.33 bits per heavy atom. The predicted octanol–water partition coefficient (Wildman–Crippen LogP) is 2.18. The fraction of sp³-hybridized carbons (Fsp3) is 0.250. The van der Waals surface area contributed by atoms with Crippen molar-refractivity contribution >= 4 is 22.4 Å². The monoisotopic (exact) mass is 263 g/mol. The van der Waals surface area contributed by atoms with Gasteiger partial charge in [0.1, 0.15) is 0 Å². The van der Waals surface area contributed by atoms with Crippen molar-refractivity contribution in [2.45, 2.75) is 13.5 Å². The summed E-state index contributed by atoms with van der Waals surface area (Å²) in [7, 11) is 1.89. The van der Waals surface area contributed by atoms with Crippen molar-refractivity contribution in [3.8, 4) is 0 Å². The zero-order valence-corrected chi connectivity index (χ0v) is 10.9. The maximum atomic E-state index is 10.9. The summed E-state index contributed by atoms with van der Waals surface area (Å²) < 4.78 is 0. The standard InChI is InChI=1S/C12H13N3O2S/c1-8-10(11(16)17)14-12(18-8)15(2)7-9-4-3-5-13-6-9/h3-6H,7H2,1-2H3,(H,16,17). The van der Waals surface area contributed by atoms with Crippen molar-refractivity contribution in [3.05, 3.63) is 40.7 Å². The molecular formula is C12H13N3O2S. The summed E-state index contributed by atoms with van der Waals surface area (Å²) in [6, 6.07) is 3.85. The van der Waals surface area contributed by atoms with Gasteiger partial charge in [-0.2, -0.15) is 0 Å². The van der Waals surface area contributed by atoms with Crippen LogP contribution in [0.1, 0.15) is 20.9 Å². The molecule has 2 rings (SSSR count). The summed E-state index contributed by atoms with van der Waals surface area (Å²) in [6.07, 6.45) is 3.51. The number of carbonyl (C=O) groups is 1. The van der Waals surface area contributed by atoms with E-state index in [1.54, 1.807) is 19.3 Å². The first-order valence-electron chi connectivity index (χ1n) is 5.38. The van der Waals surface area contributed by atoms with Gasteiger partial charge in [-0.3, -0.25) is 4.98 Å². The number of thiazole rings is 1. The number of rotatable bonds is 4. The second-order valence-corrected chi connectivity index (χ2v) is 5.11. The minimum Gasteiger partial charge on any atom is -0.476 e. The molecule has 0 aliphatic rings. The number of hydrogen-bond donors (Lipinski definition) is 1. The maximum absolute atomic E-state index is 10.9. The molecule has 94 valence electrons. The van der Waals surface area contributed by atoms with Gasteiger partial charge in [0, 0.05) is 30.9 Å². The molecule has 0 spiro atoms. The number of pyridine rings is 1. The van der Waals surface area contributed by atoms with E-state index < -0.39 is 5.97 Å². The lowest BCUT2D eigenvalue weighted by atomic mass is 10.3. The highest BCUT2D eigenvalue weighted by Gasteiger charge is 2.16. The Morgan fingerprint density at radius 3 is 2.89 bits per heavy atom. The Morgan fingerprint density at radius 1 is 1.56 bits per heavy atom. The van der Waals surface area contributed by atoms with Gasteiger partial charge < -0.3 is 10.0 Å². The molecule has 0 atom stereocenters. The molecule has 0 bridgehead atoms. The molecule has 0 saturated carbocycles. The second kappa shape index (κ2) is 5.14. The van der Waals surface area contributed by atoms with E-state index in [2.05, 4.69) is 9.97 Å². The molecule has 0 fully saturated rings. The summed E-state index contributed by atoms with van der Waals surface area (Å²) in [5, 5.41) is 9.67. The molecule has 5 nitrogen and oxygen atoms in total. The summed E-state index contributed by atoms with van der Waals surface area (Å²) in [5.41, 5.74) is 1.19. The van der Waals surface area contributed by atoms with Gasteiger partial charge in [-0.1, -0.05) is 6.07 Å². The third-order valence-corrected chi connectivity index (χ3v) is 3.54. The van der Waals surface area contributed by atoms with Crippen LogP contribution in [0.25, 0.3) is 0 Å². The zero-order chi connectivity index (χ0) is 13.1. The van der Waals surface area contributed by atoms with Crippen molar-refractivity contribution in [3.63, 3.8) is 0 Å². The van der Waals surface area contributed by atoms with E-state index in [0.717, 1.165) is 10.4 Å². The predicted molar refractivity (Wildman–Crippen MR) is 70.2 cm³/mol. The van der Waals surface area contributed by atoms with Crippen LogP contribution in [0.4, 0.5) is 5.13 Å². The number of carboxylic acid groups (broad SMARTS) is 1. The van der Waals surface area contributed by atoms with Crippen LogP contribution in [0.3, 0.4) is 0 Å². The number of aromatic nitrogens is 2. The van der Waals surface area contributed by atoms with Crippen molar-refractivity contribution < 1.29 is 9.90 Å². The highest BCUT2D eigenvalue weighted by atomic mass is 32.1. The first kappa shape index (κ1) is 12.5. The highest BCUT2D eigenvalue weighted by Crippen LogP contribution is 2.25. The average Bonchev–Trinajstić information content (AvgIpc) is 2.73. The molecule has 0 amide bonds. The van der Waals surface area contributed by atoms with Gasteiger partial charge in [0.2, 0.25) is 0 Å². The summed E-state index contributed by atoms with van der Waals surface area (Å²) in [5.74, 6) is -0.982. The lowest BCUT2D eigenvalue weighted by molar-refractivity contribution is 0.0690. The largest absolute Gasteiger partial charge is 0.476 e. The quantitative estimate of drug-likeness (QED) is 0.915. The molecule has 0 aliphatic carbocycles. The Bertz CT molecular complexity index is 554. The van der Waals surface area contributed by atoms with Crippen molar-refractivity contribution in [2.24, 2.45) is 0 Å². The van der Waals surface area contributed by atoms with E-state index in [1.165, 1.54) is 11.3 Å². The molecule has 2 heterocycles. The van der Waals surface area contributed by atoms with E-state index in [1.807, 2.05) is 24.1 Å². The van der Waals surface area contributed by atoms with Gasteiger partial charge in [-0.15, -0.1) is 11.3 Å². The third-order valence-electron chi connectivity index (χ3n) is 2.46. The van der Waals surface area contributed by atoms with Crippen LogP contribution in [-0.4, -0.2) is 28.1 Å². The molecule has 6 heteroatoms. The van der Waals surface area contributed by atoms with Crippen LogP contribution >= 0.6 is 11.3 Å². The van der Waals surface area contributed by atoms with Gasteiger partial charge in [0.25, 0.3) is 0 Å². The van der Waals surface area contributed by atoms with Gasteiger partial charge in [0.15, 0.2) is 10.8 Å². The van der Waals surface area contributed by atoms with Crippen LogP contribution in [0.2, 0.25) is 0 Å². The van der Waals surface area contributed by atoms with E-state index in [0.29, 0.717) is 11.7 Å². The molecule has 0 saturated heterocycles. The highest BCUT2D eigenvalue weighted by molar-refractivity contribution is 7.15. The number of anilines is 1. The number of aromatic carboxylic acids is 1. The fourth-order valence-corrected chi connectivity index (χ4v) is 2.44. The Balaban J connectivity index is 2.17. The molecule has 0 radical (unpaired) electrons. The van der Waals surface area contributed by atoms with Crippen LogP contribution in [0.15, 0.2) is 24.5 Å². The minimum atomic E-state index is -0.982. The normalized spacial score (nSPS) is 10.3. The first-order valence-corrected chi connectivity index (χ1v) is 6.20. The molecule has 2 aromatic heterocycles. The van der Waals surface area contributed by atoms with E-state index in [4.69, 9.17) is 5.11 Å². The smallest absolute Gasteiger partial charge is 0.355 e. The Labute approximate surface area is 109 Å². The third kappa shape index (κ3) is 2.65. The lowest BCUT2D eigenvalue weighted by Crippen LogP contribution is -2.16. The molecule has 1 N–H and O–H groups in total. The average molecular weight is 263 g/mol. The Kier molecular flexibility index (Phi) is 3.57. The summed E-state index contributed by atoms with van der Waals surface area (Å²) in [6.45, 7) is 2.42. The van der Waals surface area contributed by atoms with Gasteiger partial charge in [0.05, 0.1) is 0 Å². The maximum Gasteiger partial charge on any atom is 0.355 e. The molecule has 0 aromatic carbocycles. The van der Waals surface area contributed by atoms with Gasteiger partial charge in [-0.05, 0) is 18.6 Å². The first-order chi connectivity index (χ1) is 8.58. The van der Waals surface area contributed by atoms with E-state index in [9.17, 15) is 4.79 Å². The van der Waals surface area contributed by atoms with Crippen molar-refractivity contribution in [1.29, 1.82) is 0 Å². The van der Waals surface area contributed by atoms with Crippen LogP contribution in [0.5, 0.6) is 0 Å². The minimum absolute atomic E-state index is 0.132. The number of carboxylic acids is 1. The van der Waals surface area contributed by atoms with Crippen LogP contribution in [-0.2, 0) is 6.54 Å². The number of aryl methyl sites for hydroxylation is 1. The number of hydrogen-bond acceptors (Lipinski definition) is 5. The van der Waals surface area contributed by atoms with Crippen molar-refractivity contribution in [1.82, 2.24) is 9.97 Å². The number of nitrogens with zero attached hydrogens (tertiary/aromatic N) is 3. The van der Waals surface area contributed by atoms with Gasteiger partial charge in [-0.25, -0.2) is 9.78 Å². The van der Waals surface area contributed by atoms with Crippen LogP contribution in [0, 0.1) is 6.92 Å². The van der Waals surface area contributed by atoms with Crippen molar-refractivity contribution in [2.75, 3.05) is 11.9 Å². The van der Waals surface area contributed by atoms with E-state index in [-0.39, 0.29) is 5.69 Å². The van der Waals surface area contributed by atoms with Gasteiger partial charge >= 0.3 is 5.97 Å². The zero-order valence-electron chi connectivity index (χ0n) is 10.1. The molecule has 0 unspecified atom stereocenters. The molecule has 0 aliphatic heterocycles. The molecular weight excluding hydrogens is 250 g/mol. The second-order valence-electron chi connectivity index (χ2n) is 3.92. The lowest BCUT2D eigenvalue weighted by Gasteiger charge is -2.15. The fourth-order valence-electron chi connectivity index (χ4n) is 1.58. The summed E-state index contributed by atoms with van der Waals surface area (Å²) >= 11 is 1.38.